The van der Waals surface area contributed by atoms with Crippen LogP contribution < -0.4 is 10.1 Å². The largest absolute Gasteiger partial charge is 0.497 e. The summed E-state index contributed by atoms with van der Waals surface area (Å²) >= 11 is 0. The van der Waals surface area contributed by atoms with E-state index in [1.807, 2.05) is 0 Å². The number of benzene rings is 1. The molecule has 1 aliphatic rings. The third kappa shape index (κ3) is 4.74. The van der Waals surface area contributed by atoms with Gasteiger partial charge in [-0.1, -0.05) is 45.2 Å². The minimum Gasteiger partial charge on any atom is -0.497 e. The van der Waals surface area contributed by atoms with Gasteiger partial charge in [0.15, 0.2) is 0 Å². The van der Waals surface area contributed by atoms with Crippen LogP contribution in [0.5, 0.6) is 5.75 Å². The fraction of sp³-hybridized carbons (Fsp3) is 0.684. The molecule has 1 N–H and O–H groups in total. The first-order chi connectivity index (χ1) is 10.3. The van der Waals surface area contributed by atoms with Gasteiger partial charge in [0, 0.05) is 6.04 Å². The van der Waals surface area contributed by atoms with Crippen LogP contribution in [0.3, 0.4) is 0 Å². The Morgan fingerprint density at radius 3 is 2.29 bits per heavy atom. The highest BCUT2D eigenvalue weighted by atomic mass is 16.5. The van der Waals surface area contributed by atoms with Gasteiger partial charge in [0.1, 0.15) is 5.75 Å². The number of methoxy groups -OCH3 is 1. The monoisotopic (exact) mass is 289 g/mol. The van der Waals surface area contributed by atoms with Gasteiger partial charge in [-0.25, -0.2) is 0 Å². The maximum absolute atomic E-state index is 5.25. The van der Waals surface area contributed by atoms with Crippen molar-refractivity contribution in [1.82, 2.24) is 5.32 Å². The molecule has 2 heteroatoms. The Morgan fingerprint density at radius 2 is 1.76 bits per heavy atom. The molecule has 1 aromatic carbocycles. The summed E-state index contributed by atoms with van der Waals surface area (Å²) in [6.45, 7) is 5.62. The van der Waals surface area contributed by atoms with Crippen LogP contribution in [0.25, 0.3) is 0 Å². The number of ether oxygens (including phenoxy) is 1. The molecule has 1 saturated carbocycles. The fourth-order valence-corrected chi connectivity index (χ4v) is 3.68. The Labute approximate surface area is 130 Å². The lowest BCUT2D eigenvalue weighted by atomic mass is 9.76. The van der Waals surface area contributed by atoms with Crippen LogP contribution in [0.15, 0.2) is 24.3 Å². The third-order valence-electron chi connectivity index (χ3n) is 5.12. The molecule has 0 radical (unpaired) electrons. The molecule has 1 aliphatic carbocycles. The van der Waals surface area contributed by atoms with Crippen molar-refractivity contribution < 1.29 is 4.74 Å². The zero-order valence-electron chi connectivity index (χ0n) is 13.9. The van der Waals surface area contributed by atoms with Crippen molar-refractivity contribution in [2.45, 2.75) is 58.4 Å². The van der Waals surface area contributed by atoms with Gasteiger partial charge in [0.2, 0.25) is 0 Å². The lowest BCUT2D eigenvalue weighted by molar-refractivity contribution is 0.218. The maximum atomic E-state index is 5.25. The Bertz CT molecular complexity index is 393. The van der Waals surface area contributed by atoms with Crippen molar-refractivity contribution in [1.29, 1.82) is 0 Å². The molecule has 0 spiro atoms. The average molecular weight is 289 g/mol. The quantitative estimate of drug-likeness (QED) is 0.801. The summed E-state index contributed by atoms with van der Waals surface area (Å²) < 4.78 is 5.25. The Kier molecular flexibility index (Phi) is 6.56. The average Bonchev–Trinajstić information content (AvgIpc) is 2.55. The highest BCUT2D eigenvalue weighted by Gasteiger charge is 2.26. The van der Waals surface area contributed by atoms with Gasteiger partial charge in [-0.2, -0.15) is 0 Å². The molecule has 0 aromatic heterocycles. The summed E-state index contributed by atoms with van der Waals surface area (Å²) in [6.07, 6.45) is 8.13. The van der Waals surface area contributed by atoms with Crippen molar-refractivity contribution >= 4 is 0 Å². The van der Waals surface area contributed by atoms with Gasteiger partial charge in [0.25, 0.3) is 0 Å². The minimum atomic E-state index is 0.626. The summed E-state index contributed by atoms with van der Waals surface area (Å²) in [5, 5.41) is 3.73. The molecule has 0 bridgehead atoms. The van der Waals surface area contributed by atoms with Gasteiger partial charge in [-0.15, -0.1) is 0 Å². The molecule has 2 rings (SSSR count). The highest BCUT2D eigenvalue weighted by molar-refractivity contribution is 5.27. The Hall–Kier alpha value is -1.02. The van der Waals surface area contributed by atoms with Crippen LogP contribution in [0.4, 0.5) is 0 Å². The Balaban J connectivity index is 1.94. The van der Waals surface area contributed by atoms with Crippen molar-refractivity contribution in [3.63, 3.8) is 0 Å². The predicted molar refractivity (Wildman–Crippen MR) is 89.9 cm³/mol. The van der Waals surface area contributed by atoms with E-state index in [1.54, 1.807) is 7.11 Å². The SMILES string of the molecule is CCNC(Cc1ccc(OC)cc1)C1CCC(CC)CC1. The van der Waals surface area contributed by atoms with Crippen LogP contribution in [0.1, 0.15) is 51.5 Å². The molecule has 0 saturated heterocycles. The summed E-state index contributed by atoms with van der Waals surface area (Å²) in [5.41, 5.74) is 1.42. The molecule has 1 atom stereocenters. The van der Waals surface area contributed by atoms with Crippen molar-refractivity contribution in [3.8, 4) is 5.75 Å². The smallest absolute Gasteiger partial charge is 0.118 e. The van der Waals surface area contributed by atoms with E-state index in [0.717, 1.165) is 30.6 Å². The molecule has 1 fully saturated rings. The number of hydrogen-bond donors (Lipinski definition) is 1. The first-order valence-corrected chi connectivity index (χ1v) is 8.63. The first kappa shape index (κ1) is 16.4. The summed E-state index contributed by atoms with van der Waals surface area (Å²) in [7, 11) is 1.72. The van der Waals surface area contributed by atoms with Crippen LogP contribution in [0.2, 0.25) is 0 Å². The summed E-state index contributed by atoms with van der Waals surface area (Å²) in [4.78, 5) is 0. The van der Waals surface area contributed by atoms with Crippen molar-refractivity contribution in [2.75, 3.05) is 13.7 Å². The number of nitrogens with one attached hydrogen (secondary N) is 1. The van der Waals surface area contributed by atoms with Gasteiger partial charge >= 0.3 is 0 Å². The topological polar surface area (TPSA) is 21.3 Å². The van der Waals surface area contributed by atoms with Crippen molar-refractivity contribution in [2.24, 2.45) is 11.8 Å². The second kappa shape index (κ2) is 8.43. The normalized spacial score (nSPS) is 23.8. The van der Waals surface area contributed by atoms with Crippen LogP contribution >= 0.6 is 0 Å². The molecule has 118 valence electrons. The standard InChI is InChI=1S/C19H31NO/c1-4-15-6-10-17(11-7-15)19(20-5-2)14-16-8-12-18(21-3)13-9-16/h8-9,12-13,15,17,19-20H,4-7,10-11,14H2,1-3H3. The molecule has 0 aliphatic heterocycles. The molecule has 0 heterocycles. The van der Waals surface area contributed by atoms with Crippen molar-refractivity contribution in [3.05, 3.63) is 29.8 Å². The number of likely N-dealkylation sites (N-methyl/N-ethyl adjacent to an activating group) is 1. The van der Waals surface area contributed by atoms with E-state index in [2.05, 4.69) is 43.4 Å². The maximum Gasteiger partial charge on any atom is 0.118 e. The van der Waals surface area contributed by atoms with Crippen LogP contribution in [-0.4, -0.2) is 19.7 Å². The lowest BCUT2D eigenvalue weighted by Crippen LogP contribution is -2.39. The zero-order chi connectivity index (χ0) is 15.1. The van der Waals surface area contributed by atoms with Gasteiger partial charge in [-0.05, 0) is 55.3 Å². The van der Waals surface area contributed by atoms with E-state index in [0.29, 0.717) is 6.04 Å². The van der Waals surface area contributed by atoms with Gasteiger partial charge < -0.3 is 10.1 Å². The summed E-state index contributed by atoms with van der Waals surface area (Å²) in [5.74, 6) is 2.77. The first-order valence-electron chi connectivity index (χ1n) is 8.63. The molecule has 2 nitrogen and oxygen atoms in total. The minimum absolute atomic E-state index is 0.626. The van der Waals surface area contributed by atoms with E-state index >= 15 is 0 Å². The fourth-order valence-electron chi connectivity index (χ4n) is 3.68. The zero-order valence-corrected chi connectivity index (χ0v) is 13.9. The van der Waals surface area contributed by atoms with Gasteiger partial charge in [0.05, 0.1) is 7.11 Å². The summed E-state index contributed by atoms with van der Waals surface area (Å²) in [6, 6.07) is 9.20. The third-order valence-corrected chi connectivity index (χ3v) is 5.12. The molecular weight excluding hydrogens is 258 g/mol. The van der Waals surface area contributed by atoms with E-state index in [1.165, 1.54) is 37.7 Å². The molecule has 0 amide bonds. The lowest BCUT2D eigenvalue weighted by Gasteiger charge is -2.34. The van der Waals surface area contributed by atoms with E-state index < -0.39 is 0 Å². The number of rotatable bonds is 7. The van der Waals surface area contributed by atoms with E-state index in [4.69, 9.17) is 4.74 Å². The van der Waals surface area contributed by atoms with Crippen LogP contribution in [-0.2, 0) is 6.42 Å². The van der Waals surface area contributed by atoms with Gasteiger partial charge in [-0.3, -0.25) is 0 Å². The second-order valence-corrected chi connectivity index (χ2v) is 6.41. The predicted octanol–water partition coefficient (Wildman–Crippen LogP) is 4.43. The molecule has 21 heavy (non-hydrogen) atoms. The van der Waals surface area contributed by atoms with E-state index in [-0.39, 0.29) is 0 Å². The van der Waals surface area contributed by atoms with Crippen LogP contribution in [0, 0.1) is 11.8 Å². The molecule has 1 unspecified atom stereocenters. The molecule has 1 aromatic rings. The molecular formula is C19H31NO. The number of hydrogen-bond acceptors (Lipinski definition) is 2. The second-order valence-electron chi connectivity index (χ2n) is 6.41. The van der Waals surface area contributed by atoms with E-state index in [9.17, 15) is 0 Å². The Morgan fingerprint density at radius 1 is 1.10 bits per heavy atom. The highest BCUT2D eigenvalue weighted by Crippen LogP contribution is 2.33.